The van der Waals surface area contributed by atoms with Gasteiger partial charge in [-0.15, -0.1) is 11.6 Å². The Kier molecular flexibility index (Phi) is 17.0. The van der Waals surface area contributed by atoms with Gasteiger partial charge in [-0.1, -0.05) is 44.2 Å². The number of aromatic nitrogens is 1. The maximum atomic E-state index is 14.5. The number of carbonyl (C=O) groups excluding carboxylic acids is 6. The van der Waals surface area contributed by atoms with Gasteiger partial charge in [0.05, 0.1) is 24.8 Å². The minimum absolute atomic E-state index is 0. The number of fused-ring (bicyclic) bond motifs is 1. The van der Waals surface area contributed by atoms with Gasteiger partial charge in [-0.25, -0.2) is 18.2 Å². The molecule has 1 fully saturated rings. The number of para-hydroxylation sites is 1. The van der Waals surface area contributed by atoms with Gasteiger partial charge < -0.3 is 53.6 Å². The fraction of sp³-hybridized carbons (Fsp3) is 0.366. The third-order valence-electron chi connectivity index (χ3n) is 10.5. The molecule has 19 heteroatoms. The average molecular weight is 868 g/mol. The van der Waals surface area contributed by atoms with Crippen molar-refractivity contribution in [3.05, 3.63) is 103 Å². The standard InChI is InChI=1S/C36H48N11O7.C5H5.Fe/c1-3-19(2)31(43-33(51)24(37)14-30(38)49)36(54)46-16-21(27-17-47(45-44-27)22-8-4-5-9-22)13-29(46)35(53)41-26(34(52)42-28(18-48)32(39)50)12-20-15-40-25-11-7-6-10-23(20)25;1-2-4-5-3-1;/h4-11,15,17,19,21,24,26,28-29,31,40,44-45,48H,3,12-14,16,18,37H2,1-2H3,(H2,38,49)(H2,39,50)(H,41,53)(H,42,52)(H,43,51);1-5H;/q2*-1;+2/t19-,21?,24-,26-,28-,29-,31-;;/m0../s1. The molecule has 0 saturated carbocycles. The summed E-state index contributed by atoms with van der Waals surface area (Å²) in [6.45, 7) is 2.92. The third kappa shape index (κ3) is 11.8. The molecule has 13 N–H and O–H groups in total. The molecule has 1 saturated heterocycles. The zero-order valence-corrected chi connectivity index (χ0v) is 34.4. The van der Waals surface area contributed by atoms with Crippen molar-refractivity contribution in [1.29, 1.82) is 0 Å². The number of hydrogen-bond donors (Lipinski definition) is 10. The Morgan fingerprint density at radius 3 is 2.30 bits per heavy atom. The molecule has 60 heavy (non-hydrogen) atoms. The van der Waals surface area contributed by atoms with Gasteiger partial charge in [0.25, 0.3) is 0 Å². The number of amides is 6. The zero-order chi connectivity index (χ0) is 42.6. The largest absolute Gasteiger partial charge is 2.00 e. The quantitative estimate of drug-likeness (QED) is 0.0482. The predicted octanol–water partition coefficient (Wildman–Crippen LogP) is -0.399. The van der Waals surface area contributed by atoms with E-state index >= 15 is 0 Å². The van der Waals surface area contributed by atoms with E-state index in [2.05, 4.69) is 31.9 Å². The van der Waals surface area contributed by atoms with E-state index in [1.54, 1.807) is 18.1 Å². The molecule has 0 bridgehead atoms. The van der Waals surface area contributed by atoms with Crippen molar-refractivity contribution in [2.24, 2.45) is 29.0 Å². The normalized spacial score (nSPS) is 18.3. The Morgan fingerprint density at radius 2 is 1.68 bits per heavy atom. The number of anilines is 1. The van der Waals surface area contributed by atoms with Gasteiger partial charge >= 0.3 is 17.1 Å². The molecule has 0 aliphatic carbocycles. The first-order valence-electron chi connectivity index (χ1n) is 19.4. The monoisotopic (exact) mass is 867 g/mol. The summed E-state index contributed by atoms with van der Waals surface area (Å²) in [6.07, 6.45) is 3.70. The molecular formula is C41H53FeN11O7. The number of likely N-dealkylation sites (tertiary alicyclic amines) is 1. The van der Waals surface area contributed by atoms with Crippen LogP contribution in [0.3, 0.4) is 0 Å². The summed E-state index contributed by atoms with van der Waals surface area (Å²) in [6, 6.07) is 18.7. The summed E-state index contributed by atoms with van der Waals surface area (Å²) in [5.74, 6) is -5.29. The fourth-order valence-electron chi connectivity index (χ4n) is 6.98. The number of aliphatic hydroxyl groups excluding tert-OH is 1. The summed E-state index contributed by atoms with van der Waals surface area (Å²) in [7, 11) is 0. The SMILES string of the molecule is CC[C@H](C)[C@H](NC(=O)[C@@H](N)CC(N)=O)C(=O)N1CC(C2=CN(c3ccc[cH-]3)NN2)C[C@H]1C(=O)N[C@@H](Cc1c[nH]c2ccccc12)C(=O)N[C@@H](CO)C(N)=O.[Fe+2].c1cc[cH-]c1. The molecule has 7 atom stereocenters. The first kappa shape index (κ1) is 46.7. The van der Waals surface area contributed by atoms with E-state index in [0.29, 0.717) is 17.7 Å². The molecule has 3 heterocycles. The number of primary amides is 2. The second-order valence-electron chi connectivity index (χ2n) is 14.7. The number of aliphatic hydroxyl groups is 1. The van der Waals surface area contributed by atoms with Crippen LogP contribution in [0, 0.1) is 11.8 Å². The molecular weight excluding hydrogens is 814 g/mol. The van der Waals surface area contributed by atoms with E-state index in [1.165, 1.54) is 4.90 Å². The molecule has 2 aliphatic rings. The number of H-pyrrole nitrogens is 1. The minimum atomic E-state index is -1.41. The van der Waals surface area contributed by atoms with Gasteiger partial charge in [0.15, 0.2) is 0 Å². The van der Waals surface area contributed by atoms with Crippen LogP contribution < -0.4 is 49.1 Å². The Morgan fingerprint density at radius 1 is 0.950 bits per heavy atom. The number of aromatic amines is 1. The molecule has 4 aromatic rings. The number of nitrogens with one attached hydrogen (secondary N) is 6. The molecule has 1 unspecified atom stereocenters. The predicted molar refractivity (Wildman–Crippen MR) is 220 cm³/mol. The van der Waals surface area contributed by atoms with Crippen molar-refractivity contribution in [3.8, 4) is 0 Å². The zero-order valence-electron chi connectivity index (χ0n) is 33.3. The van der Waals surface area contributed by atoms with Gasteiger partial charge in [0.2, 0.25) is 35.4 Å². The van der Waals surface area contributed by atoms with Crippen LogP contribution in [0.5, 0.6) is 0 Å². The second-order valence-corrected chi connectivity index (χ2v) is 14.7. The Bertz CT molecular complexity index is 2070. The van der Waals surface area contributed by atoms with E-state index in [4.69, 9.17) is 17.2 Å². The van der Waals surface area contributed by atoms with Crippen LogP contribution in [-0.4, -0.2) is 93.8 Å². The topological polar surface area (TPSA) is 283 Å². The van der Waals surface area contributed by atoms with E-state index in [1.807, 2.05) is 92.0 Å². The molecule has 2 aliphatic heterocycles. The fourth-order valence-corrected chi connectivity index (χ4v) is 6.98. The minimum Gasteiger partial charge on any atom is -0.394 e. The summed E-state index contributed by atoms with van der Waals surface area (Å²) < 4.78 is 0. The molecule has 3 aromatic carbocycles. The molecule has 322 valence electrons. The van der Waals surface area contributed by atoms with Gasteiger partial charge in [-0.2, -0.15) is 30.3 Å². The van der Waals surface area contributed by atoms with Crippen molar-refractivity contribution in [3.63, 3.8) is 0 Å². The van der Waals surface area contributed by atoms with E-state index < -0.39 is 90.5 Å². The molecule has 6 amide bonds. The average Bonchev–Trinajstić information content (AvgIpc) is 4.08. The number of nitrogens with two attached hydrogens (primary N) is 3. The summed E-state index contributed by atoms with van der Waals surface area (Å²) in [5, 5.41) is 20.2. The Labute approximate surface area is 358 Å². The molecule has 18 nitrogen and oxygen atoms in total. The van der Waals surface area contributed by atoms with Crippen LogP contribution >= 0.6 is 0 Å². The van der Waals surface area contributed by atoms with Crippen molar-refractivity contribution < 1.29 is 50.9 Å². The summed E-state index contributed by atoms with van der Waals surface area (Å²) in [4.78, 5) is 83.6. The third-order valence-corrected chi connectivity index (χ3v) is 10.5. The van der Waals surface area contributed by atoms with Crippen LogP contribution in [0.4, 0.5) is 5.69 Å². The van der Waals surface area contributed by atoms with Crippen LogP contribution in [0.15, 0.2) is 97.0 Å². The smallest absolute Gasteiger partial charge is 0.394 e. The Balaban J connectivity index is 0.00000123. The molecule has 0 radical (unpaired) electrons. The summed E-state index contributed by atoms with van der Waals surface area (Å²) in [5.41, 5.74) is 25.8. The second kappa shape index (κ2) is 21.9. The first-order valence-corrected chi connectivity index (χ1v) is 19.4. The Hall–Kier alpha value is -5.98. The van der Waals surface area contributed by atoms with Crippen LogP contribution in [0.2, 0.25) is 0 Å². The van der Waals surface area contributed by atoms with Gasteiger partial charge in [-0.3, -0.25) is 33.8 Å². The maximum Gasteiger partial charge on any atom is 2.00 e. The number of rotatable bonds is 17. The number of nitrogens with zero attached hydrogens (tertiary/aromatic N) is 2. The van der Waals surface area contributed by atoms with E-state index in [0.717, 1.165) is 16.6 Å². The molecule has 6 rings (SSSR count). The number of hydrazine groups is 2. The van der Waals surface area contributed by atoms with Crippen LogP contribution in [0.25, 0.3) is 10.9 Å². The van der Waals surface area contributed by atoms with Crippen molar-refractivity contribution in [2.75, 3.05) is 18.2 Å². The first-order chi connectivity index (χ1) is 28.3. The molecule has 0 spiro atoms. The number of carbonyl (C=O) groups is 6. The molecule has 1 aromatic heterocycles. The van der Waals surface area contributed by atoms with E-state index in [-0.39, 0.29) is 36.5 Å². The van der Waals surface area contributed by atoms with Crippen LogP contribution in [0.1, 0.15) is 38.7 Å². The summed E-state index contributed by atoms with van der Waals surface area (Å²) >= 11 is 0. The van der Waals surface area contributed by atoms with Gasteiger partial charge in [0, 0.05) is 42.2 Å². The number of benzene rings is 1. The van der Waals surface area contributed by atoms with E-state index in [9.17, 15) is 33.9 Å². The van der Waals surface area contributed by atoms with Gasteiger partial charge in [0.1, 0.15) is 24.2 Å². The maximum absolute atomic E-state index is 14.5. The van der Waals surface area contributed by atoms with Crippen molar-refractivity contribution in [1.82, 2.24) is 36.8 Å². The van der Waals surface area contributed by atoms with Crippen molar-refractivity contribution >= 4 is 52.0 Å². The van der Waals surface area contributed by atoms with Gasteiger partial charge in [-0.05, 0) is 24.0 Å². The van der Waals surface area contributed by atoms with Crippen LogP contribution in [-0.2, 0) is 52.3 Å². The van der Waals surface area contributed by atoms with Crippen molar-refractivity contribution in [2.45, 2.75) is 69.7 Å². The number of hydrogen-bond acceptors (Lipinski definition) is 11.